The van der Waals surface area contributed by atoms with Crippen LogP contribution in [0.25, 0.3) is 0 Å². The van der Waals surface area contributed by atoms with E-state index in [-0.39, 0.29) is 10.6 Å². The molecule has 2 fully saturated rings. The molecule has 0 saturated carbocycles. The molecule has 2 unspecified atom stereocenters. The van der Waals surface area contributed by atoms with E-state index < -0.39 is 0 Å². The van der Waals surface area contributed by atoms with E-state index in [2.05, 4.69) is 22.4 Å². The van der Waals surface area contributed by atoms with Gasteiger partial charge in [0, 0.05) is 25.7 Å². The molecule has 0 aliphatic carbocycles. The minimum atomic E-state index is -0.250. The smallest absolute Gasteiger partial charge is 0.287 e. The molecule has 110 valence electrons. The topological polar surface area (TPSA) is 50.2 Å². The molecule has 3 rings (SSSR count). The van der Waals surface area contributed by atoms with Crippen molar-refractivity contribution < 1.29 is 0 Å². The van der Waals surface area contributed by atoms with E-state index >= 15 is 0 Å². The van der Waals surface area contributed by atoms with Gasteiger partial charge in [-0.2, -0.15) is 5.10 Å². The van der Waals surface area contributed by atoms with Crippen LogP contribution in [-0.4, -0.2) is 40.4 Å². The minimum Gasteiger partial charge on any atom is -0.382 e. The molecule has 20 heavy (non-hydrogen) atoms. The van der Waals surface area contributed by atoms with Gasteiger partial charge in [-0.3, -0.25) is 4.79 Å². The van der Waals surface area contributed by atoms with E-state index in [0.717, 1.165) is 18.6 Å². The van der Waals surface area contributed by atoms with Gasteiger partial charge < -0.3 is 10.2 Å². The molecule has 2 bridgehead atoms. The first-order valence-electron chi connectivity index (χ1n) is 7.24. The van der Waals surface area contributed by atoms with Crippen LogP contribution in [-0.2, 0) is 7.05 Å². The highest BCUT2D eigenvalue weighted by molar-refractivity contribution is 6.32. The summed E-state index contributed by atoms with van der Waals surface area (Å²) >= 11 is 6.06. The second kappa shape index (κ2) is 5.37. The van der Waals surface area contributed by atoms with Crippen molar-refractivity contribution in [2.24, 2.45) is 13.0 Å². The van der Waals surface area contributed by atoms with Crippen LogP contribution in [0.4, 0.5) is 5.69 Å². The van der Waals surface area contributed by atoms with E-state index in [1.54, 1.807) is 13.2 Å². The van der Waals surface area contributed by atoms with Gasteiger partial charge in [-0.1, -0.05) is 11.6 Å². The first-order chi connectivity index (χ1) is 9.56. The number of fused-ring (bicyclic) bond motifs is 2. The number of aromatic nitrogens is 2. The summed E-state index contributed by atoms with van der Waals surface area (Å²) in [6.07, 6.45) is 6.75. The van der Waals surface area contributed by atoms with Gasteiger partial charge in [0.1, 0.15) is 5.02 Å². The Morgan fingerprint density at radius 2 is 2.00 bits per heavy atom. The van der Waals surface area contributed by atoms with Crippen LogP contribution in [0.15, 0.2) is 11.0 Å². The third-order valence-electron chi connectivity index (χ3n) is 4.86. The lowest BCUT2D eigenvalue weighted by Crippen LogP contribution is -2.41. The van der Waals surface area contributed by atoms with Crippen molar-refractivity contribution in [3.05, 3.63) is 21.6 Å². The lowest BCUT2D eigenvalue weighted by molar-refractivity contribution is 0.139. The summed E-state index contributed by atoms with van der Waals surface area (Å²) in [5.74, 6) is 0.656. The molecule has 2 aliphatic heterocycles. The van der Waals surface area contributed by atoms with Crippen LogP contribution >= 0.6 is 11.6 Å². The van der Waals surface area contributed by atoms with Gasteiger partial charge in [0.05, 0.1) is 11.9 Å². The summed E-state index contributed by atoms with van der Waals surface area (Å²) in [4.78, 5) is 14.3. The van der Waals surface area contributed by atoms with E-state index in [1.807, 2.05) is 0 Å². The van der Waals surface area contributed by atoms with Crippen molar-refractivity contribution in [1.82, 2.24) is 14.7 Å². The van der Waals surface area contributed by atoms with Gasteiger partial charge in [-0.15, -0.1) is 0 Å². The fraction of sp³-hybridized carbons (Fsp3) is 0.714. The van der Waals surface area contributed by atoms with Gasteiger partial charge in [0.15, 0.2) is 0 Å². The maximum absolute atomic E-state index is 11.7. The summed E-state index contributed by atoms with van der Waals surface area (Å²) in [5, 5.41) is 7.55. The molecular formula is C14H21ClN4O. The summed E-state index contributed by atoms with van der Waals surface area (Å²) in [6, 6.07) is 1.47. The Bertz CT molecular complexity index is 545. The maximum atomic E-state index is 11.7. The van der Waals surface area contributed by atoms with Crippen molar-refractivity contribution in [3.63, 3.8) is 0 Å². The molecule has 1 aromatic rings. The Morgan fingerprint density at radius 3 is 2.65 bits per heavy atom. The maximum Gasteiger partial charge on any atom is 0.287 e. The van der Waals surface area contributed by atoms with E-state index in [9.17, 15) is 4.79 Å². The molecule has 0 spiro atoms. The number of aryl methyl sites for hydroxylation is 1. The highest BCUT2D eigenvalue weighted by Crippen LogP contribution is 2.37. The standard InChI is InChI=1S/C14H21ClN4O/c1-18-10-3-4-11(18)6-9(5-10)7-16-12-8-17-19(2)14(20)13(12)15/h8-11,16H,3-7H2,1-2H3. The monoisotopic (exact) mass is 296 g/mol. The van der Waals surface area contributed by atoms with Crippen LogP contribution in [0.3, 0.4) is 0 Å². The molecule has 0 radical (unpaired) electrons. The Labute approximate surface area is 123 Å². The predicted molar refractivity (Wildman–Crippen MR) is 80.3 cm³/mol. The van der Waals surface area contributed by atoms with Gasteiger partial charge in [0.25, 0.3) is 5.56 Å². The molecule has 0 amide bonds. The minimum absolute atomic E-state index is 0.235. The Hall–Kier alpha value is -1.07. The van der Waals surface area contributed by atoms with Crippen LogP contribution in [0.1, 0.15) is 25.7 Å². The molecule has 2 atom stereocenters. The number of hydrogen-bond acceptors (Lipinski definition) is 4. The normalized spacial score (nSPS) is 29.6. The van der Waals surface area contributed by atoms with Crippen molar-refractivity contribution in [2.75, 3.05) is 18.9 Å². The van der Waals surface area contributed by atoms with E-state index in [1.165, 1.54) is 30.4 Å². The first kappa shape index (κ1) is 13.9. The van der Waals surface area contributed by atoms with Gasteiger partial charge in [-0.25, -0.2) is 4.68 Å². The fourth-order valence-corrected chi connectivity index (χ4v) is 3.82. The summed E-state index contributed by atoms with van der Waals surface area (Å²) < 4.78 is 1.25. The van der Waals surface area contributed by atoms with E-state index in [0.29, 0.717) is 11.6 Å². The molecule has 1 aromatic heterocycles. The highest BCUT2D eigenvalue weighted by atomic mass is 35.5. The molecule has 5 nitrogen and oxygen atoms in total. The van der Waals surface area contributed by atoms with Crippen LogP contribution < -0.4 is 10.9 Å². The SMILES string of the molecule is CN1C2CCC1CC(CNc1cnn(C)c(=O)c1Cl)C2. The highest BCUT2D eigenvalue weighted by Gasteiger charge is 2.38. The Kier molecular flexibility index (Phi) is 3.73. The molecule has 6 heteroatoms. The van der Waals surface area contributed by atoms with Gasteiger partial charge in [-0.05, 0) is 38.6 Å². The van der Waals surface area contributed by atoms with E-state index in [4.69, 9.17) is 11.6 Å². The summed E-state index contributed by atoms with van der Waals surface area (Å²) in [7, 11) is 3.85. The molecule has 2 saturated heterocycles. The fourth-order valence-electron chi connectivity index (χ4n) is 3.58. The average Bonchev–Trinajstić information content (AvgIpc) is 2.66. The Balaban J connectivity index is 1.63. The number of nitrogens with one attached hydrogen (secondary N) is 1. The number of rotatable bonds is 3. The zero-order chi connectivity index (χ0) is 14.3. The lowest BCUT2D eigenvalue weighted by atomic mass is 9.91. The van der Waals surface area contributed by atoms with Crippen molar-refractivity contribution in [3.8, 4) is 0 Å². The largest absolute Gasteiger partial charge is 0.382 e. The molecule has 3 heterocycles. The molecule has 2 aliphatic rings. The number of anilines is 1. The second-order valence-corrected chi connectivity index (χ2v) is 6.45. The second-order valence-electron chi connectivity index (χ2n) is 6.07. The first-order valence-corrected chi connectivity index (χ1v) is 7.61. The zero-order valence-electron chi connectivity index (χ0n) is 12.0. The quantitative estimate of drug-likeness (QED) is 0.923. The number of piperidine rings is 1. The van der Waals surface area contributed by atoms with Crippen molar-refractivity contribution in [2.45, 2.75) is 37.8 Å². The number of hydrogen-bond donors (Lipinski definition) is 1. The van der Waals surface area contributed by atoms with Crippen molar-refractivity contribution in [1.29, 1.82) is 0 Å². The summed E-state index contributed by atoms with van der Waals surface area (Å²) in [5.41, 5.74) is 0.404. The molecule has 0 aromatic carbocycles. The van der Waals surface area contributed by atoms with Crippen molar-refractivity contribution >= 4 is 17.3 Å². The van der Waals surface area contributed by atoms with Gasteiger partial charge >= 0.3 is 0 Å². The molecule has 1 N–H and O–H groups in total. The third-order valence-corrected chi connectivity index (χ3v) is 5.22. The van der Waals surface area contributed by atoms with Gasteiger partial charge in [0.2, 0.25) is 0 Å². The van der Waals surface area contributed by atoms with Crippen LogP contribution in [0.5, 0.6) is 0 Å². The average molecular weight is 297 g/mol. The predicted octanol–water partition coefficient (Wildman–Crippen LogP) is 1.72. The zero-order valence-corrected chi connectivity index (χ0v) is 12.7. The number of nitrogens with zero attached hydrogens (tertiary/aromatic N) is 3. The lowest BCUT2D eigenvalue weighted by Gasteiger charge is -2.36. The Morgan fingerprint density at radius 1 is 1.35 bits per heavy atom. The summed E-state index contributed by atoms with van der Waals surface area (Å²) in [6.45, 7) is 0.870. The molecular weight excluding hydrogens is 276 g/mol. The van der Waals surface area contributed by atoms with Crippen LogP contribution in [0, 0.1) is 5.92 Å². The number of halogens is 1. The van der Waals surface area contributed by atoms with Crippen LogP contribution in [0.2, 0.25) is 5.02 Å². The third kappa shape index (κ3) is 2.44.